The van der Waals surface area contributed by atoms with Gasteiger partial charge in [-0.1, -0.05) is 7.43 Å². The maximum Gasteiger partial charge on any atom is 0.100 e. The molecule has 0 radical (unpaired) electrons. The van der Waals surface area contributed by atoms with Crippen molar-refractivity contribution in [1.82, 2.24) is 0 Å². The SMILES string of the molecule is C.OC[13C@@H](O)[13CH2]O.OC[13C@H](O)[13CH2]O.S. The molecule has 0 rings (SSSR count). The van der Waals surface area contributed by atoms with Crippen LogP contribution >= 0.6 is 13.5 Å². The van der Waals surface area contributed by atoms with Crippen LogP contribution in [0.5, 0.6) is 0 Å². The first kappa shape index (κ1) is 23.7. The Morgan fingerprint density at radius 1 is 0.643 bits per heavy atom. The Hall–Kier alpha value is 0.110. The second-order valence-electron chi connectivity index (χ2n) is 2.04. The van der Waals surface area contributed by atoms with E-state index in [2.05, 4.69) is 0 Å². The Morgan fingerprint density at radius 3 is 0.786 bits per heavy atom. The van der Waals surface area contributed by atoms with Gasteiger partial charge >= 0.3 is 0 Å². The summed E-state index contributed by atoms with van der Waals surface area (Å²) in [7, 11) is 0. The summed E-state index contributed by atoms with van der Waals surface area (Å²) in [6.07, 6.45) is -1.91. The highest BCUT2D eigenvalue weighted by molar-refractivity contribution is 7.59. The fourth-order valence-corrected chi connectivity index (χ4v) is 0.115. The van der Waals surface area contributed by atoms with Gasteiger partial charge in [0, 0.05) is 0 Å². The van der Waals surface area contributed by atoms with Crippen LogP contribution in [0.15, 0.2) is 0 Å². The van der Waals surface area contributed by atoms with Crippen LogP contribution in [0.25, 0.3) is 0 Å². The predicted molar refractivity (Wildman–Crippen MR) is 57.5 cm³/mol. The third-order valence-corrected chi connectivity index (χ3v) is 0.843. The molecule has 0 saturated carbocycles. The molecule has 0 aliphatic rings. The minimum atomic E-state index is -0.954. The smallest absolute Gasteiger partial charge is 0.100 e. The Morgan fingerprint density at radius 2 is 0.786 bits per heavy atom. The fourth-order valence-electron chi connectivity index (χ4n) is 0.115. The maximum absolute atomic E-state index is 8.17. The van der Waals surface area contributed by atoms with Crippen molar-refractivity contribution in [2.24, 2.45) is 0 Å². The minimum Gasteiger partial charge on any atom is -0.394 e. The van der Waals surface area contributed by atoms with Gasteiger partial charge in [0.1, 0.15) is 12.2 Å². The van der Waals surface area contributed by atoms with Crippen LogP contribution in [-0.2, 0) is 0 Å². The van der Waals surface area contributed by atoms with Crippen LogP contribution in [0, 0.1) is 0 Å². The van der Waals surface area contributed by atoms with E-state index < -0.39 is 12.2 Å². The topological polar surface area (TPSA) is 121 Å². The highest BCUT2D eigenvalue weighted by Crippen LogP contribution is 1.72. The molecule has 14 heavy (non-hydrogen) atoms. The Kier molecular flexibility index (Phi) is 31.9. The molecule has 0 aromatic carbocycles. The molecule has 0 saturated heterocycles. The molecule has 0 aromatic rings. The summed E-state index contributed by atoms with van der Waals surface area (Å²) in [5, 5.41) is 48.0. The molecular weight excluding hydrogens is 216 g/mol. The molecule has 0 aromatic heterocycles. The molecule has 0 bridgehead atoms. The molecule has 0 aliphatic carbocycles. The third-order valence-electron chi connectivity index (χ3n) is 0.843. The van der Waals surface area contributed by atoms with E-state index in [1.807, 2.05) is 0 Å². The van der Waals surface area contributed by atoms with Gasteiger partial charge in [-0.3, -0.25) is 0 Å². The largest absolute Gasteiger partial charge is 0.394 e. The van der Waals surface area contributed by atoms with Crippen LogP contribution in [0.1, 0.15) is 7.43 Å². The molecule has 0 aliphatic heterocycles. The van der Waals surface area contributed by atoms with Crippen molar-refractivity contribution in [3.63, 3.8) is 0 Å². The Balaban J connectivity index is -0.0000000625. The molecule has 6 nitrogen and oxygen atoms in total. The van der Waals surface area contributed by atoms with Gasteiger partial charge in [-0.25, -0.2) is 0 Å². The van der Waals surface area contributed by atoms with E-state index in [0.717, 1.165) is 0 Å². The first-order valence-corrected chi connectivity index (χ1v) is 3.41. The quantitative estimate of drug-likeness (QED) is 0.299. The van der Waals surface area contributed by atoms with Crippen molar-refractivity contribution in [3.8, 4) is 0 Å². The molecule has 0 heterocycles. The van der Waals surface area contributed by atoms with Gasteiger partial charge in [-0.2, -0.15) is 13.5 Å². The van der Waals surface area contributed by atoms with Crippen molar-refractivity contribution in [3.05, 3.63) is 0 Å². The van der Waals surface area contributed by atoms with Crippen molar-refractivity contribution < 1.29 is 30.6 Å². The molecule has 0 spiro atoms. The average Bonchev–Trinajstić information content (AvgIpc) is 2.16. The minimum absolute atomic E-state index is 0. The normalized spacial score (nSPS) is 12.4. The van der Waals surface area contributed by atoms with Crippen LogP contribution < -0.4 is 0 Å². The highest BCUT2D eigenvalue weighted by atomic mass is 32.1. The Labute approximate surface area is 90.9 Å². The van der Waals surface area contributed by atoms with E-state index in [1.54, 1.807) is 0 Å². The van der Waals surface area contributed by atoms with Gasteiger partial charge in [0.15, 0.2) is 0 Å². The lowest BCUT2D eigenvalue weighted by Gasteiger charge is -1.96. The zero-order valence-electron chi connectivity index (χ0n) is 7.17. The van der Waals surface area contributed by atoms with Crippen LogP contribution in [0.2, 0.25) is 0 Å². The lowest BCUT2D eigenvalue weighted by molar-refractivity contribution is 0.0450. The molecule has 0 unspecified atom stereocenters. The first-order chi connectivity index (χ1) is 5.62. The zero-order valence-corrected chi connectivity index (χ0v) is 8.17. The highest BCUT2D eigenvalue weighted by Gasteiger charge is 1.94. The number of hydrogen-bond donors (Lipinski definition) is 6. The average molecular weight is 238 g/mol. The van der Waals surface area contributed by atoms with E-state index in [-0.39, 0.29) is 47.3 Å². The molecule has 2 atom stereocenters. The number of aliphatic hydroxyl groups is 6. The van der Waals surface area contributed by atoms with E-state index in [0.29, 0.717) is 0 Å². The van der Waals surface area contributed by atoms with Gasteiger partial charge < -0.3 is 30.6 Å². The number of aliphatic hydroxyl groups excluding tert-OH is 6. The molecular formula is C7H22O6S. The van der Waals surface area contributed by atoms with Gasteiger partial charge in [-0.15, -0.1) is 0 Å². The molecule has 7 heteroatoms. The second kappa shape index (κ2) is 18.8. The van der Waals surface area contributed by atoms with Crippen molar-refractivity contribution in [2.45, 2.75) is 19.6 Å². The van der Waals surface area contributed by atoms with E-state index in [9.17, 15) is 0 Å². The molecule has 0 fully saturated rings. The van der Waals surface area contributed by atoms with Crippen LogP contribution in [0.4, 0.5) is 0 Å². The van der Waals surface area contributed by atoms with E-state index >= 15 is 0 Å². The zero-order chi connectivity index (χ0) is 9.98. The molecule has 0 amide bonds. The monoisotopic (exact) mass is 238 g/mol. The molecule has 92 valence electrons. The number of rotatable bonds is 4. The second-order valence-corrected chi connectivity index (χ2v) is 2.04. The summed E-state index contributed by atoms with van der Waals surface area (Å²) >= 11 is 0. The third kappa shape index (κ3) is 22.7. The first-order valence-electron chi connectivity index (χ1n) is 3.41. The van der Waals surface area contributed by atoms with Gasteiger partial charge in [0.25, 0.3) is 0 Å². The lowest BCUT2D eigenvalue weighted by atomic mass is 11.0. The number of hydrogen-bond acceptors (Lipinski definition) is 6. The van der Waals surface area contributed by atoms with Crippen molar-refractivity contribution in [2.75, 3.05) is 26.4 Å². The summed E-state index contributed by atoms with van der Waals surface area (Å²) in [4.78, 5) is 0. The summed E-state index contributed by atoms with van der Waals surface area (Å²) in [5.74, 6) is 0. The van der Waals surface area contributed by atoms with E-state index in [1.165, 1.54) is 0 Å². The van der Waals surface area contributed by atoms with Crippen LogP contribution in [0.3, 0.4) is 0 Å². The van der Waals surface area contributed by atoms with Crippen molar-refractivity contribution >= 4 is 13.5 Å². The standard InChI is InChI=1S/2C3H8O3.CH4.H2S/c2*4-1-3(6)2-5;;/h2*3-6H,1-2H2;1H4;1H2/i2*1+1,3+1;;/t2*3-;;/m10../s1. The predicted octanol–water partition coefficient (Wildman–Crippen LogP) is -2.59. The Bertz CT molecular complexity index is 66.6. The van der Waals surface area contributed by atoms with Gasteiger partial charge in [0.2, 0.25) is 0 Å². The van der Waals surface area contributed by atoms with Crippen LogP contribution in [-0.4, -0.2) is 69.3 Å². The summed E-state index contributed by atoms with van der Waals surface area (Å²) < 4.78 is 0. The van der Waals surface area contributed by atoms with Gasteiger partial charge in [-0.05, 0) is 0 Å². The van der Waals surface area contributed by atoms with E-state index in [4.69, 9.17) is 30.6 Å². The van der Waals surface area contributed by atoms with Gasteiger partial charge in [0.05, 0.1) is 26.4 Å². The molecule has 6 N–H and O–H groups in total. The summed E-state index contributed by atoms with van der Waals surface area (Å²) in [5.41, 5.74) is 0. The lowest BCUT2D eigenvalue weighted by Crippen LogP contribution is -2.15. The summed E-state index contributed by atoms with van der Waals surface area (Å²) in [6.45, 7) is -1.46. The maximum atomic E-state index is 8.17. The summed E-state index contributed by atoms with van der Waals surface area (Å²) in [6, 6.07) is 0. The fraction of sp³-hybridized carbons (Fsp3) is 1.00. The van der Waals surface area contributed by atoms with Crippen molar-refractivity contribution in [1.29, 1.82) is 0 Å².